The predicted molar refractivity (Wildman–Crippen MR) is 101 cm³/mol. The van der Waals surface area contributed by atoms with Crippen LogP contribution in [0.15, 0.2) is 30.3 Å². The van der Waals surface area contributed by atoms with Crippen molar-refractivity contribution in [3.05, 3.63) is 35.9 Å². The minimum Gasteiger partial charge on any atom is -0.478 e. The molecule has 11 nitrogen and oxygen atoms in total. The second-order valence-corrected chi connectivity index (χ2v) is 6.09. The normalized spacial score (nSPS) is 12.3. The summed E-state index contributed by atoms with van der Waals surface area (Å²) in [5.41, 5.74) is 5.93. The molecular formula is C18H26N4O7. The molecule has 2 unspecified atom stereocenters. The third kappa shape index (κ3) is 10.7. The number of carboxylic acids is 1. The van der Waals surface area contributed by atoms with E-state index in [0.717, 1.165) is 5.56 Å². The zero-order valence-electron chi connectivity index (χ0n) is 15.8. The summed E-state index contributed by atoms with van der Waals surface area (Å²) in [6, 6.07) is 8.79. The highest BCUT2D eigenvalue weighted by atomic mass is 16.5. The van der Waals surface area contributed by atoms with E-state index in [2.05, 4.69) is 10.6 Å². The molecule has 0 saturated carbocycles. The number of amides is 3. The lowest BCUT2D eigenvalue weighted by Crippen LogP contribution is -2.52. The molecule has 0 aliphatic rings. The first-order valence-electron chi connectivity index (χ1n) is 8.96. The Kier molecular flexibility index (Phi) is 10.8. The molecule has 0 spiro atoms. The second-order valence-electron chi connectivity index (χ2n) is 6.09. The molecule has 160 valence electrons. The molecule has 1 aromatic carbocycles. The van der Waals surface area contributed by atoms with Crippen LogP contribution in [0.25, 0.3) is 0 Å². The number of hydrogen-bond donors (Lipinski definition) is 6. The van der Waals surface area contributed by atoms with Crippen molar-refractivity contribution in [1.29, 1.82) is 0 Å². The molecule has 7 N–H and O–H groups in total. The molecule has 0 fully saturated rings. The van der Waals surface area contributed by atoms with Gasteiger partial charge >= 0.3 is 12.1 Å². The van der Waals surface area contributed by atoms with Gasteiger partial charge in [-0.25, -0.2) is 9.59 Å². The van der Waals surface area contributed by atoms with Gasteiger partial charge in [0.2, 0.25) is 18.0 Å². The highest BCUT2D eigenvalue weighted by Crippen LogP contribution is 2.01. The van der Waals surface area contributed by atoms with E-state index in [4.69, 9.17) is 15.6 Å². The molecule has 3 amide bonds. The van der Waals surface area contributed by atoms with Gasteiger partial charge in [-0.3, -0.25) is 14.9 Å². The molecule has 0 radical (unpaired) electrons. The Hall–Kier alpha value is -3.18. The molecule has 0 heterocycles. The summed E-state index contributed by atoms with van der Waals surface area (Å²) in [5, 5.41) is 25.0. The fraction of sp³-hybridized carbons (Fsp3) is 0.444. The van der Waals surface area contributed by atoms with Gasteiger partial charge in [0.05, 0.1) is 6.10 Å². The summed E-state index contributed by atoms with van der Waals surface area (Å²) in [7, 11) is 0. The van der Waals surface area contributed by atoms with E-state index in [0.29, 0.717) is 0 Å². The van der Waals surface area contributed by atoms with Gasteiger partial charge in [0, 0.05) is 25.9 Å². The maximum absolute atomic E-state index is 11.9. The summed E-state index contributed by atoms with van der Waals surface area (Å²) in [6.45, 7) is -0.0292. The highest BCUT2D eigenvalue weighted by Gasteiger charge is 2.22. The summed E-state index contributed by atoms with van der Waals surface area (Å²) in [5.74, 6) is -2.50. The summed E-state index contributed by atoms with van der Waals surface area (Å²) >= 11 is 0. The fourth-order valence-corrected chi connectivity index (χ4v) is 2.09. The lowest BCUT2D eigenvalue weighted by atomic mass is 10.2. The number of hydrogen-bond acceptors (Lipinski definition) is 7. The minimum absolute atomic E-state index is 0.00892. The van der Waals surface area contributed by atoms with Crippen LogP contribution < -0.4 is 21.7 Å². The zero-order valence-corrected chi connectivity index (χ0v) is 15.8. The van der Waals surface area contributed by atoms with Gasteiger partial charge in [0.1, 0.15) is 6.61 Å². The average molecular weight is 410 g/mol. The fourth-order valence-electron chi connectivity index (χ4n) is 2.09. The number of carboxylic acid groups (broad SMARTS) is 1. The molecule has 1 rings (SSSR count). The van der Waals surface area contributed by atoms with Crippen molar-refractivity contribution < 1.29 is 34.1 Å². The third-order valence-corrected chi connectivity index (χ3v) is 3.64. The van der Waals surface area contributed by atoms with Crippen LogP contribution in [0.2, 0.25) is 0 Å². The van der Waals surface area contributed by atoms with Crippen molar-refractivity contribution >= 4 is 23.9 Å². The number of ether oxygens (including phenoxy) is 1. The number of rotatable bonds is 12. The Morgan fingerprint density at radius 2 is 1.69 bits per heavy atom. The summed E-state index contributed by atoms with van der Waals surface area (Å²) < 4.78 is 4.91. The van der Waals surface area contributed by atoms with E-state index in [-0.39, 0.29) is 44.9 Å². The van der Waals surface area contributed by atoms with Crippen molar-refractivity contribution in [2.75, 3.05) is 13.1 Å². The Balaban J connectivity index is 2.32. The Labute approximate surface area is 167 Å². The number of alkyl carbamates (subject to hydrolysis) is 1. The van der Waals surface area contributed by atoms with Crippen LogP contribution in [-0.2, 0) is 25.7 Å². The predicted octanol–water partition coefficient (Wildman–Crippen LogP) is -0.954. The first-order chi connectivity index (χ1) is 13.8. The summed E-state index contributed by atoms with van der Waals surface area (Å²) in [4.78, 5) is 46.4. The van der Waals surface area contributed by atoms with Gasteiger partial charge < -0.3 is 31.3 Å². The number of nitrogens with two attached hydrogens (primary N) is 1. The van der Waals surface area contributed by atoms with Gasteiger partial charge in [-0.05, 0) is 12.0 Å². The largest absolute Gasteiger partial charge is 0.478 e. The number of benzene rings is 1. The molecule has 0 aliphatic heterocycles. The average Bonchev–Trinajstić information content (AvgIpc) is 2.70. The Morgan fingerprint density at radius 3 is 2.31 bits per heavy atom. The molecule has 0 aromatic heterocycles. The van der Waals surface area contributed by atoms with E-state index in [1.54, 1.807) is 30.3 Å². The number of aliphatic hydroxyl groups excluding tert-OH is 1. The monoisotopic (exact) mass is 410 g/mol. The Morgan fingerprint density at radius 1 is 1.03 bits per heavy atom. The van der Waals surface area contributed by atoms with Crippen LogP contribution in [0.5, 0.6) is 0 Å². The SMILES string of the molecule is NCC(O)CNC(=O)CCCC(=O)NC(NC(=O)OCc1ccccc1)C(=O)O. The first kappa shape index (κ1) is 23.9. The minimum atomic E-state index is -1.67. The van der Waals surface area contributed by atoms with E-state index in [1.807, 2.05) is 5.32 Å². The molecule has 29 heavy (non-hydrogen) atoms. The van der Waals surface area contributed by atoms with Crippen LogP contribution in [0, 0.1) is 0 Å². The van der Waals surface area contributed by atoms with E-state index in [1.165, 1.54) is 0 Å². The number of aliphatic carboxylic acids is 1. The smallest absolute Gasteiger partial charge is 0.409 e. The van der Waals surface area contributed by atoms with Crippen LogP contribution in [-0.4, -0.2) is 59.4 Å². The van der Waals surface area contributed by atoms with E-state index in [9.17, 15) is 24.3 Å². The second kappa shape index (κ2) is 13.1. The first-order valence-corrected chi connectivity index (χ1v) is 8.96. The molecule has 11 heteroatoms. The van der Waals surface area contributed by atoms with Crippen molar-refractivity contribution in [1.82, 2.24) is 16.0 Å². The van der Waals surface area contributed by atoms with E-state index >= 15 is 0 Å². The maximum Gasteiger partial charge on any atom is 0.409 e. The maximum atomic E-state index is 11.9. The quantitative estimate of drug-likeness (QED) is 0.238. The van der Waals surface area contributed by atoms with Gasteiger partial charge in [0.15, 0.2) is 0 Å². The van der Waals surface area contributed by atoms with Crippen molar-refractivity contribution in [3.63, 3.8) is 0 Å². The molecule has 0 bridgehead atoms. The highest BCUT2D eigenvalue weighted by molar-refractivity contribution is 5.86. The van der Waals surface area contributed by atoms with Crippen LogP contribution >= 0.6 is 0 Å². The van der Waals surface area contributed by atoms with Crippen LogP contribution in [0.4, 0.5) is 4.79 Å². The van der Waals surface area contributed by atoms with Crippen LogP contribution in [0.1, 0.15) is 24.8 Å². The van der Waals surface area contributed by atoms with Crippen LogP contribution in [0.3, 0.4) is 0 Å². The molecule has 2 atom stereocenters. The van der Waals surface area contributed by atoms with Gasteiger partial charge in [-0.1, -0.05) is 30.3 Å². The summed E-state index contributed by atoms with van der Waals surface area (Å²) in [6.07, 6.45) is -3.47. The number of carbonyl (C=O) groups is 4. The third-order valence-electron chi connectivity index (χ3n) is 3.64. The number of nitrogens with one attached hydrogen (secondary N) is 3. The van der Waals surface area contributed by atoms with Gasteiger partial charge in [-0.2, -0.15) is 0 Å². The standard InChI is InChI=1S/C18H26N4O7/c19-9-13(23)10-20-14(24)7-4-8-15(25)21-16(17(26)27)22-18(28)29-11-12-5-2-1-3-6-12/h1-3,5-6,13,16,23H,4,7-11,19H2,(H,20,24)(H,21,25)(H,22,28)(H,26,27). The topological polar surface area (TPSA) is 180 Å². The number of aliphatic hydroxyl groups is 1. The van der Waals surface area contributed by atoms with E-state index < -0.39 is 30.2 Å². The lowest BCUT2D eigenvalue weighted by molar-refractivity contribution is -0.142. The van der Waals surface area contributed by atoms with Gasteiger partial charge in [-0.15, -0.1) is 0 Å². The molecular weight excluding hydrogens is 384 g/mol. The molecule has 0 aliphatic carbocycles. The van der Waals surface area contributed by atoms with Crippen molar-refractivity contribution in [3.8, 4) is 0 Å². The molecule has 0 saturated heterocycles. The van der Waals surface area contributed by atoms with Crippen molar-refractivity contribution in [2.24, 2.45) is 5.73 Å². The number of carbonyl (C=O) groups excluding carboxylic acids is 3. The van der Waals surface area contributed by atoms with Gasteiger partial charge in [0.25, 0.3) is 0 Å². The van der Waals surface area contributed by atoms with Crippen molar-refractivity contribution in [2.45, 2.75) is 38.1 Å². The molecule has 1 aromatic rings. The zero-order chi connectivity index (χ0) is 21.6. The lowest BCUT2D eigenvalue weighted by Gasteiger charge is -2.16. The Bertz CT molecular complexity index is 684.